The van der Waals surface area contributed by atoms with Crippen LogP contribution in [0.3, 0.4) is 0 Å². The van der Waals surface area contributed by atoms with Crippen LogP contribution >= 0.6 is 0 Å². The van der Waals surface area contributed by atoms with Gasteiger partial charge in [0.15, 0.2) is 5.78 Å². The van der Waals surface area contributed by atoms with Crippen LogP contribution in [0.1, 0.15) is 17.3 Å². The molecule has 2 N–H and O–H groups in total. The third-order valence-electron chi connectivity index (χ3n) is 1.57. The monoisotopic (exact) mass is 165 g/mol. The van der Waals surface area contributed by atoms with Gasteiger partial charge in [-0.05, 0) is 19.1 Å². The molecule has 0 aliphatic carbocycles. The van der Waals surface area contributed by atoms with E-state index in [1.54, 1.807) is 25.3 Å². The van der Waals surface area contributed by atoms with Gasteiger partial charge in [-0.25, -0.2) is 0 Å². The first-order chi connectivity index (χ1) is 5.63. The Bertz CT molecular complexity index is 307. The summed E-state index contributed by atoms with van der Waals surface area (Å²) in [7, 11) is 1.54. The van der Waals surface area contributed by atoms with Crippen molar-refractivity contribution in [2.75, 3.05) is 12.8 Å². The van der Waals surface area contributed by atoms with Crippen molar-refractivity contribution >= 4 is 11.5 Å². The van der Waals surface area contributed by atoms with E-state index in [9.17, 15) is 4.79 Å². The number of hydrogen-bond acceptors (Lipinski definition) is 3. The summed E-state index contributed by atoms with van der Waals surface area (Å²) in [5.74, 6) is 0.598. The Morgan fingerprint density at radius 3 is 2.58 bits per heavy atom. The summed E-state index contributed by atoms with van der Waals surface area (Å²) < 4.78 is 4.95. The highest BCUT2D eigenvalue weighted by atomic mass is 16.5. The van der Waals surface area contributed by atoms with Crippen molar-refractivity contribution in [2.24, 2.45) is 0 Å². The molecule has 0 aliphatic rings. The van der Waals surface area contributed by atoms with Crippen LogP contribution < -0.4 is 10.5 Å². The van der Waals surface area contributed by atoms with Crippen LogP contribution in [0.4, 0.5) is 5.69 Å². The van der Waals surface area contributed by atoms with E-state index in [0.717, 1.165) is 0 Å². The van der Waals surface area contributed by atoms with E-state index in [1.165, 1.54) is 6.92 Å². The van der Waals surface area contributed by atoms with Crippen molar-refractivity contribution in [3.05, 3.63) is 23.8 Å². The van der Waals surface area contributed by atoms with E-state index < -0.39 is 0 Å². The van der Waals surface area contributed by atoms with Crippen molar-refractivity contribution in [3.63, 3.8) is 0 Å². The summed E-state index contributed by atoms with van der Waals surface area (Å²) in [5, 5.41) is 0. The van der Waals surface area contributed by atoms with Gasteiger partial charge in [0, 0.05) is 17.3 Å². The molecular weight excluding hydrogens is 154 g/mol. The highest BCUT2D eigenvalue weighted by Crippen LogP contribution is 2.18. The predicted molar refractivity (Wildman–Crippen MR) is 47.4 cm³/mol. The maximum absolute atomic E-state index is 11.0. The van der Waals surface area contributed by atoms with E-state index in [0.29, 0.717) is 17.0 Å². The number of methoxy groups -OCH3 is 1. The van der Waals surface area contributed by atoms with Crippen molar-refractivity contribution in [3.8, 4) is 5.75 Å². The van der Waals surface area contributed by atoms with Gasteiger partial charge in [0.25, 0.3) is 0 Å². The lowest BCUT2D eigenvalue weighted by molar-refractivity contribution is 0.101. The smallest absolute Gasteiger partial charge is 0.160 e. The van der Waals surface area contributed by atoms with Gasteiger partial charge in [-0.2, -0.15) is 0 Å². The Kier molecular flexibility index (Phi) is 2.33. The number of Topliss-reactive ketones (excluding diaryl/α,β-unsaturated/α-hetero) is 1. The van der Waals surface area contributed by atoms with E-state index in [-0.39, 0.29) is 5.78 Å². The summed E-state index contributed by atoms with van der Waals surface area (Å²) in [6.45, 7) is 1.49. The SMILES string of the molecule is COc1cc(N)cc(C(C)=O)c1. The van der Waals surface area contributed by atoms with Crippen molar-refractivity contribution in [2.45, 2.75) is 6.92 Å². The van der Waals surface area contributed by atoms with Crippen molar-refractivity contribution < 1.29 is 9.53 Å². The molecular formula is C9H11NO2. The number of hydrogen-bond donors (Lipinski definition) is 1. The Morgan fingerprint density at radius 1 is 1.42 bits per heavy atom. The van der Waals surface area contributed by atoms with Gasteiger partial charge in [0.1, 0.15) is 5.75 Å². The van der Waals surface area contributed by atoms with Gasteiger partial charge in [0.2, 0.25) is 0 Å². The number of benzene rings is 1. The Labute approximate surface area is 71.1 Å². The molecule has 0 saturated heterocycles. The molecule has 1 aromatic rings. The highest BCUT2D eigenvalue weighted by Gasteiger charge is 2.02. The molecule has 0 heterocycles. The number of ether oxygens (including phenoxy) is 1. The van der Waals surface area contributed by atoms with Gasteiger partial charge < -0.3 is 10.5 Å². The molecule has 12 heavy (non-hydrogen) atoms. The molecule has 1 aromatic carbocycles. The fourth-order valence-electron chi connectivity index (χ4n) is 0.943. The van der Waals surface area contributed by atoms with E-state index in [4.69, 9.17) is 10.5 Å². The minimum Gasteiger partial charge on any atom is -0.497 e. The number of carbonyl (C=O) groups is 1. The van der Waals surface area contributed by atoms with Gasteiger partial charge in [-0.1, -0.05) is 0 Å². The highest BCUT2D eigenvalue weighted by molar-refractivity contribution is 5.95. The zero-order valence-corrected chi connectivity index (χ0v) is 7.13. The lowest BCUT2D eigenvalue weighted by Crippen LogP contribution is -1.96. The standard InChI is InChI=1S/C9H11NO2/c1-6(11)7-3-8(10)5-9(4-7)12-2/h3-5H,10H2,1-2H3. The predicted octanol–water partition coefficient (Wildman–Crippen LogP) is 1.48. The van der Waals surface area contributed by atoms with E-state index in [2.05, 4.69) is 0 Å². The first-order valence-electron chi connectivity index (χ1n) is 3.59. The van der Waals surface area contributed by atoms with Crippen LogP contribution in [0.25, 0.3) is 0 Å². The fraction of sp³-hybridized carbons (Fsp3) is 0.222. The van der Waals surface area contributed by atoms with E-state index >= 15 is 0 Å². The molecule has 0 saturated carbocycles. The van der Waals surface area contributed by atoms with Crippen LogP contribution in [0.5, 0.6) is 5.75 Å². The number of nitrogen functional groups attached to an aromatic ring is 1. The van der Waals surface area contributed by atoms with Gasteiger partial charge in [-0.15, -0.1) is 0 Å². The second-order valence-electron chi connectivity index (χ2n) is 2.55. The molecule has 0 aromatic heterocycles. The third kappa shape index (κ3) is 1.75. The van der Waals surface area contributed by atoms with Gasteiger partial charge in [-0.3, -0.25) is 4.79 Å². The molecule has 1 rings (SSSR count). The number of nitrogens with two attached hydrogens (primary N) is 1. The number of anilines is 1. The molecule has 0 aliphatic heterocycles. The first kappa shape index (κ1) is 8.59. The zero-order chi connectivity index (χ0) is 9.14. The maximum Gasteiger partial charge on any atom is 0.160 e. The summed E-state index contributed by atoms with van der Waals surface area (Å²) in [5.41, 5.74) is 6.66. The molecule has 0 amide bonds. The largest absolute Gasteiger partial charge is 0.497 e. The summed E-state index contributed by atoms with van der Waals surface area (Å²) in [6, 6.07) is 4.97. The second kappa shape index (κ2) is 3.26. The molecule has 0 fully saturated rings. The minimum absolute atomic E-state index is 0.0133. The Balaban J connectivity index is 3.15. The minimum atomic E-state index is -0.0133. The quantitative estimate of drug-likeness (QED) is 0.533. The number of carbonyl (C=O) groups excluding carboxylic acids is 1. The maximum atomic E-state index is 11.0. The number of rotatable bonds is 2. The number of ketones is 1. The summed E-state index contributed by atoms with van der Waals surface area (Å²) in [6.07, 6.45) is 0. The lowest BCUT2D eigenvalue weighted by atomic mass is 10.1. The zero-order valence-electron chi connectivity index (χ0n) is 7.13. The fourth-order valence-corrected chi connectivity index (χ4v) is 0.943. The molecule has 0 radical (unpaired) electrons. The van der Waals surface area contributed by atoms with Crippen molar-refractivity contribution in [1.82, 2.24) is 0 Å². The molecule has 0 unspecified atom stereocenters. The normalized spacial score (nSPS) is 9.50. The van der Waals surface area contributed by atoms with Gasteiger partial charge in [0.05, 0.1) is 7.11 Å². The first-order valence-corrected chi connectivity index (χ1v) is 3.59. The average Bonchev–Trinajstić information content (AvgIpc) is 2.03. The summed E-state index contributed by atoms with van der Waals surface area (Å²) >= 11 is 0. The molecule has 3 nitrogen and oxygen atoms in total. The van der Waals surface area contributed by atoms with E-state index in [1.807, 2.05) is 0 Å². The van der Waals surface area contributed by atoms with Crippen LogP contribution in [0.2, 0.25) is 0 Å². The molecule has 64 valence electrons. The Morgan fingerprint density at radius 2 is 2.08 bits per heavy atom. The molecule has 3 heteroatoms. The third-order valence-corrected chi connectivity index (χ3v) is 1.57. The van der Waals surface area contributed by atoms with Crippen LogP contribution in [-0.2, 0) is 0 Å². The van der Waals surface area contributed by atoms with Crippen LogP contribution in [0.15, 0.2) is 18.2 Å². The average molecular weight is 165 g/mol. The van der Waals surface area contributed by atoms with Crippen LogP contribution in [-0.4, -0.2) is 12.9 Å². The van der Waals surface area contributed by atoms with Crippen molar-refractivity contribution in [1.29, 1.82) is 0 Å². The Hall–Kier alpha value is -1.51. The molecule has 0 bridgehead atoms. The summed E-state index contributed by atoms with van der Waals surface area (Å²) in [4.78, 5) is 11.0. The van der Waals surface area contributed by atoms with Crippen LogP contribution in [0, 0.1) is 0 Å². The van der Waals surface area contributed by atoms with Gasteiger partial charge >= 0.3 is 0 Å². The molecule has 0 atom stereocenters. The second-order valence-corrected chi connectivity index (χ2v) is 2.55. The molecule has 0 spiro atoms. The lowest BCUT2D eigenvalue weighted by Gasteiger charge is -2.03. The topological polar surface area (TPSA) is 52.3 Å².